The van der Waals surface area contributed by atoms with E-state index in [0.717, 1.165) is 44.9 Å². The van der Waals surface area contributed by atoms with Gasteiger partial charge in [0.15, 0.2) is 6.10 Å². The third-order valence-electron chi connectivity index (χ3n) is 8.51. The Morgan fingerprint density at radius 3 is 2.14 bits per heavy atom. The van der Waals surface area contributed by atoms with E-state index in [1.165, 1.54) is 4.90 Å². The van der Waals surface area contributed by atoms with Crippen LogP contribution in [0, 0.1) is 6.92 Å². The lowest BCUT2D eigenvalue weighted by molar-refractivity contribution is -0.152. The van der Waals surface area contributed by atoms with Crippen LogP contribution in [0.3, 0.4) is 0 Å². The molecule has 1 heterocycles. The molecule has 1 saturated heterocycles. The largest absolute Gasteiger partial charge is 0.496 e. The summed E-state index contributed by atoms with van der Waals surface area (Å²) >= 11 is 0. The Morgan fingerprint density at radius 2 is 1.52 bits per heavy atom. The number of hydrogen-bond donors (Lipinski definition) is 0. The molecule has 0 bridgehead atoms. The number of rotatable bonds is 5. The Hall–Kier alpha value is -4.04. The Labute approximate surface area is 260 Å². The lowest BCUT2D eigenvalue weighted by Gasteiger charge is -2.38. The average Bonchev–Trinajstić information content (AvgIpc) is 3.24. The fraction of sp³-hybridized carbons (Fsp3) is 0.444. The zero-order chi connectivity index (χ0) is 32.2. The number of fused-ring (bicyclic) bond motifs is 2. The van der Waals surface area contributed by atoms with Gasteiger partial charge in [-0.15, -0.1) is 0 Å². The second kappa shape index (κ2) is 11.1. The van der Waals surface area contributed by atoms with E-state index in [9.17, 15) is 9.59 Å². The van der Waals surface area contributed by atoms with E-state index >= 15 is 0 Å². The van der Waals surface area contributed by atoms with E-state index in [4.69, 9.17) is 23.7 Å². The number of aryl methyl sites for hydroxylation is 1. The third-order valence-corrected chi connectivity index (χ3v) is 8.51. The SMILES string of the molecule is COc1ccc(OC)c2c1Cc1c(ccc(C)c1OC(=O)C1OC(C)(C)N(C(=O)OC(C)(C)C)C1c1ccccc1)C2(C)C. The third kappa shape index (κ3) is 5.40. The molecule has 0 aromatic heterocycles. The van der Waals surface area contributed by atoms with Gasteiger partial charge in [-0.25, -0.2) is 9.59 Å². The van der Waals surface area contributed by atoms with E-state index in [1.807, 2.05) is 76.2 Å². The first kappa shape index (κ1) is 31.4. The lowest BCUT2D eigenvalue weighted by atomic mass is 9.68. The summed E-state index contributed by atoms with van der Waals surface area (Å²) in [6.07, 6.45) is -1.19. The molecular formula is C36H43NO7. The zero-order valence-corrected chi connectivity index (χ0v) is 27.4. The van der Waals surface area contributed by atoms with Gasteiger partial charge in [-0.1, -0.05) is 56.3 Å². The van der Waals surface area contributed by atoms with Crippen LogP contribution in [0.25, 0.3) is 0 Å². The molecule has 0 N–H and O–H groups in total. The molecule has 5 rings (SSSR count). The van der Waals surface area contributed by atoms with Gasteiger partial charge in [0.2, 0.25) is 0 Å². The molecular weight excluding hydrogens is 558 g/mol. The molecule has 1 aliphatic carbocycles. The van der Waals surface area contributed by atoms with Gasteiger partial charge >= 0.3 is 12.1 Å². The molecule has 3 aromatic rings. The van der Waals surface area contributed by atoms with Crippen molar-refractivity contribution in [1.29, 1.82) is 0 Å². The molecule has 2 unspecified atom stereocenters. The van der Waals surface area contributed by atoms with Gasteiger partial charge in [-0.05, 0) is 70.4 Å². The maximum atomic E-state index is 14.2. The Balaban J connectivity index is 1.57. The van der Waals surface area contributed by atoms with Crippen LogP contribution in [0.2, 0.25) is 0 Å². The summed E-state index contributed by atoms with van der Waals surface area (Å²) in [5, 5.41) is 0. The van der Waals surface area contributed by atoms with Crippen molar-refractivity contribution in [1.82, 2.24) is 4.90 Å². The predicted octanol–water partition coefficient (Wildman–Crippen LogP) is 7.26. The zero-order valence-electron chi connectivity index (χ0n) is 27.4. The van der Waals surface area contributed by atoms with Gasteiger partial charge in [0.05, 0.1) is 14.2 Å². The van der Waals surface area contributed by atoms with Gasteiger partial charge in [-0.2, -0.15) is 0 Å². The molecule has 8 nitrogen and oxygen atoms in total. The minimum absolute atomic E-state index is 0.469. The number of methoxy groups -OCH3 is 2. The van der Waals surface area contributed by atoms with Crippen LogP contribution in [0.4, 0.5) is 4.79 Å². The summed E-state index contributed by atoms with van der Waals surface area (Å²) in [6, 6.07) is 16.5. The first-order chi connectivity index (χ1) is 20.6. The minimum atomic E-state index is -1.15. The van der Waals surface area contributed by atoms with Crippen molar-refractivity contribution < 1.29 is 33.3 Å². The smallest absolute Gasteiger partial charge is 0.413 e. The van der Waals surface area contributed by atoms with Gasteiger partial charge < -0.3 is 23.7 Å². The number of carbonyl (C=O) groups is 2. The number of benzene rings is 3. The molecule has 2 aliphatic rings. The second-order valence-corrected chi connectivity index (χ2v) is 13.5. The number of carbonyl (C=O) groups excluding carboxylic acids is 2. The summed E-state index contributed by atoms with van der Waals surface area (Å²) in [6.45, 7) is 15.1. The van der Waals surface area contributed by atoms with Crippen LogP contribution >= 0.6 is 0 Å². The molecule has 0 spiro atoms. The van der Waals surface area contributed by atoms with Crippen molar-refractivity contribution >= 4 is 12.1 Å². The first-order valence-electron chi connectivity index (χ1n) is 14.9. The maximum absolute atomic E-state index is 14.2. The van der Waals surface area contributed by atoms with E-state index in [1.54, 1.807) is 28.1 Å². The fourth-order valence-corrected chi connectivity index (χ4v) is 6.65. The van der Waals surface area contributed by atoms with Crippen LogP contribution in [0.5, 0.6) is 17.2 Å². The summed E-state index contributed by atoms with van der Waals surface area (Å²) in [7, 11) is 3.32. The van der Waals surface area contributed by atoms with E-state index in [0.29, 0.717) is 12.2 Å². The fourth-order valence-electron chi connectivity index (χ4n) is 6.65. The number of ether oxygens (including phenoxy) is 5. The van der Waals surface area contributed by atoms with Crippen molar-refractivity contribution in [2.24, 2.45) is 0 Å². The van der Waals surface area contributed by atoms with Gasteiger partial charge in [-0.3, -0.25) is 4.90 Å². The predicted molar refractivity (Wildman–Crippen MR) is 168 cm³/mol. The molecule has 44 heavy (non-hydrogen) atoms. The van der Waals surface area contributed by atoms with Crippen LogP contribution in [-0.4, -0.2) is 48.6 Å². The monoisotopic (exact) mass is 601 g/mol. The van der Waals surface area contributed by atoms with Gasteiger partial charge in [0, 0.05) is 28.5 Å². The number of esters is 1. The molecule has 3 aromatic carbocycles. The average molecular weight is 602 g/mol. The van der Waals surface area contributed by atoms with Crippen molar-refractivity contribution in [2.75, 3.05) is 14.2 Å². The van der Waals surface area contributed by atoms with Crippen molar-refractivity contribution in [3.05, 3.63) is 88.0 Å². The molecule has 1 fully saturated rings. The normalized spacial score (nSPS) is 19.9. The summed E-state index contributed by atoms with van der Waals surface area (Å²) < 4.78 is 30.0. The second-order valence-electron chi connectivity index (χ2n) is 13.5. The van der Waals surface area contributed by atoms with E-state index < -0.39 is 40.9 Å². The summed E-state index contributed by atoms with van der Waals surface area (Å²) in [5.41, 5.74) is 3.18. The molecule has 1 aliphatic heterocycles. The molecule has 0 saturated carbocycles. The van der Waals surface area contributed by atoms with E-state index in [2.05, 4.69) is 19.9 Å². The molecule has 1 amide bonds. The Morgan fingerprint density at radius 1 is 0.886 bits per heavy atom. The highest BCUT2D eigenvalue weighted by Crippen LogP contribution is 2.51. The highest BCUT2D eigenvalue weighted by Gasteiger charge is 2.55. The van der Waals surface area contributed by atoms with Crippen molar-refractivity contribution in [2.45, 2.75) is 90.7 Å². The van der Waals surface area contributed by atoms with Crippen LogP contribution in [0.1, 0.15) is 87.9 Å². The van der Waals surface area contributed by atoms with E-state index in [-0.39, 0.29) is 0 Å². The highest BCUT2D eigenvalue weighted by molar-refractivity contribution is 5.82. The highest BCUT2D eigenvalue weighted by atomic mass is 16.6. The number of amides is 1. The van der Waals surface area contributed by atoms with Crippen LogP contribution in [0.15, 0.2) is 54.6 Å². The topological polar surface area (TPSA) is 83.5 Å². The lowest BCUT2D eigenvalue weighted by Crippen LogP contribution is -2.47. The van der Waals surface area contributed by atoms with Crippen molar-refractivity contribution in [3.63, 3.8) is 0 Å². The Bertz CT molecular complexity index is 1590. The van der Waals surface area contributed by atoms with Gasteiger partial charge in [0.1, 0.15) is 34.6 Å². The minimum Gasteiger partial charge on any atom is -0.496 e. The molecule has 8 heteroatoms. The molecule has 0 radical (unpaired) electrons. The molecule has 2 atom stereocenters. The Kier molecular flexibility index (Phi) is 7.95. The quantitative estimate of drug-likeness (QED) is 0.225. The van der Waals surface area contributed by atoms with Crippen molar-refractivity contribution in [3.8, 4) is 17.2 Å². The number of hydrogen-bond acceptors (Lipinski definition) is 7. The summed E-state index contributed by atoms with van der Waals surface area (Å²) in [5.74, 6) is 1.43. The first-order valence-corrected chi connectivity index (χ1v) is 14.9. The maximum Gasteiger partial charge on any atom is 0.413 e. The van der Waals surface area contributed by atoms with Crippen LogP contribution < -0.4 is 14.2 Å². The number of nitrogens with zero attached hydrogens (tertiary/aromatic N) is 1. The van der Waals surface area contributed by atoms with Gasteiger partial charge in [0.25, 0.3) is 0 Å². The standard InChI is InChI=1S/C36H43NO7/c1-21-16-17-25-23(20-24-26(40-9)18-19-27(41-10)28(24)35(25,5)6)30(21)42-32(38)31-29(22-14-12-11-13-15-22)37(36(7,8)43-31)33(39)44-34(2,3)4/h11-19,29,31H,20H2,1-10H3. The summed E-state index contributed by atoms with van der Waals surface area (Å²) in [4.78, 5) is 29.3. The van der Waals surface area contributed by atoms with Crippen LogP contribution in [-0.2, 0) is 26.1 Å². The molecule has 234 valence electrons.